The van der Waals surface area contributed by atoms with Crippen LogP contribution in [0.4, 0.5) is 0 Å². The molecule has 1 aliphatic rings. The van der Waals surface area contributed by atoms with Gasteiger partial charge in [0, 0.05) is 18.3 Å². The first-order valence-corrected chi connectivity index (χ1v) is 8.84. The highest BCUT2D eigenvalue weighted by molar-refractivity contribution is 5.80. The first-order chi connectivity index (χ1) is 12.8. The van der Waals surface area contributed by atoms with Gasteiger partial charge < -0.3 is 9.64 Å². The summed E-state index contributed by atoms with van der Waals surface area (Å²) >= 11 is 0. The van der Waals surface area contributed by atoms with Crippen molar-refractivity contribution in [3.63, 3.8) is 0 Å². The van der Waals surface area contributed by atoms with Gasteiger partial charge in [0.1, 0.15) is 12.1 Å². The maximum absolute atomic E-state index is 13.1. The number of fused-ring (bicyclic) bond motifs is 1. The molecule has 1 fully saturated rings. The second-order valence-corrected chi connectivity index (χ2v) is 6.43. The van der Waals surface area contributed by atoms with Crippen LogP contribution < -0.4 is 4.74 Å². The molecule has 0 radical (unpaired) electrons. The molecule has 2 aromatic heterocycles. The van der Waals surface area contributed by atoms with Crippen molar-refractivity contribution in [2.24, 2.45) is 0 Å². The van der Waals surface area contributed by atoms with Crippen molar-refractivity contribution in [3.8, 4) is 5.75 Å². The highest BCUT2D eigenvalue weighted by Gasteiger charge is 2.30. The summed E-state index contributed by atoms with van der Waals surface area (Å²) in [7, 11) is 1.63. The first-order valence-electron chi connectivity index (χ1n) is 8.84. The first kappa shape index (κ1) is 16.5. The molecule has 3 aromatic rings. The minimum Gasteiger partial charge on any atom is -0.496 e. The average molecular weight is 351 g/mol. The number of para-hydroxylation sites is 1. The minimum absolute atomic E-state index is 0.0156. The summed E-state index contributed by atoms with van der Waals surface area (Å²) in [5.41, 5.74) is 1.87. The highest BCUT2D eigenvalue weighted by Crippen LogP contribution is 2.31. The van der Waals surface area contributed by atoms with Gasteiger partial charge in [-0.25, -0.2) is 4.98 Å². The van der Waals surface area contributed by atoms with E-state index in [0.29, 0.717) is 12.2 Å². The molecule has 4 rings (SSSR count). The molecule has 0 N–H and O–H groups in total. The van der Waals surface area contributed by atoms with Crippen molar-refractivity contribution in [2.45, 2.75) is 31.7 Å². The van der Waals surface area contributed by atoms with Gasteiger partial charge in [-0.05, 0) is 31.4 Å². The molecule has 7 heteroatoms. The SMILES string of the molecule is COc1ccccc1CC(=O)N1CCCCC1c1ccnc2ncnn12. The lowest BCUT2D eigenvalue weighted by Gasteiger charge is -2.36. The van der Waals surface area contributed by atoms with Gasteiger partial charge in [0.25, 0.3) is 5.78 Å². The molecule has 1 atom stereocenters. The van der Waals surface area contributed by atoms with Crippen molar-refractivity contribution in [1.29, 1.82) is 0 Å². The zero-order valence-electron chi connectivity index (χ0n) is 14.7. The minimum atomic E-state index is -0.0156. The van der Waals surface area contributed by atoms with Crippen LogP contribution >= 0.6 is 0 Å². The average Bonchev–Trinajstić information content (AvgIpc) is 3.17. The zero-order chi connectivity index (χ0) is 17.9. The number of methoxy groups -OCH3 is 1. The molecule has 0 aliphatic carbocycles. The second-order valence-electron chi connectivity index (χ2n) is 6.43. The van der Waals surface area contributed by atoms with Crippen LogP contribution in [-0.2, 0) is 11.2 Å². The van der Waals surface area contributed by atoms with Crippen LogP contribution in [0.15, 0.2) is 42.9 Å². The summed E-state index contributed by atoms with van der Waals surface area (Å²) in [4.78, 5) is 23.4. The van der Waals surface area contributed by atoms with Crippen LogP contribution in [0.2, 0.25) is 0 Å². The number of rotatable bonds is 4. The van der Waals surface area contributed by atoms with Crippen LogP contribution in [-0.4, -0.2) is 44.0 Å². The number of ether oxygens (including phenoxy) is 1. The Kier molecular flexibility index (Phi) is 4.51. The number of carbonyl (C=O) groups excluding carboxylic acids is 1. The fourth-order valence-corrected chi connectivity index (χ4v) is 3.66. The third-order valence-electron chi connectivity index (χ3n) is 4.91. The predicted octanol–water partition coefficient (Wildman–Crippen LogP) is 2.43. The Bertz CT molecular complexity index is 923. The number of hydrogen-bond acceptors (Lipinski definition) is 5. The molecule has 1 saturated heterocycles. The summed E-state index contributed by atoms with van der Waals surface area (Å²) in [6.45, 7) is 0.747. The van der Waals surface area contributed by atoms with E-state index >= 15 is 0 Å². The van der Waals surface area contributed by atoms with Gasteiger partial charge in [0.15, 0.2) is 0 Å². The summed E-state index contributed by atoms with van der Waals surface area (Å²) in [6, 6.07) is 9.59. The number of carbonyl (C=O) groups is 1. The van der Waals surface area contributed by atoms with E-state index in [0.717, 1.165) is 42.8 Å². The maximum atomic E-state index is 13.1. The van der Waals surface area contributed by atoms with E-state index in [-0.39, 0.29) is 11.9 Å². The number of piperidine rings is 1. The third-order valence-corrected chi connectivity index (χ3v) is 4.91. The van der Waals surface area contributed by atoms with Gasteiger partial charge in [0.05, 0.1) is 25.3 Å². The molecular formula is C19H21N5O2. The van der Waals surface area contributed by atoms with E-state index in [1.165, 1.54) is 6.33 Å². The fourth-order valence-electron chi connectivity index (χ4n) is 3.66. The molecule has 26 heavy (non-hydrogen) atoms. The van der Waals surface area contributed by atoms with Crippen molar-refractivity contribution in [3.05, 3.63) is 54.1 Å². The molecule has 0 bridgehead atoms. The fraction of sp³-hybridized carbons (Fsp3) is 0.368. The van der Waals surface area contributed by atoms with Gasteiger partial charge in [-0.1, -0.05) is 18.2 Å². The molecule has 1 aromatic carbocycles. The molecule has 0 saturated carbocycles. The molecule has 1 amide bonds. The lowest BCUT2D eigenvalue weighted by molar-refractivity contribution is -0.134. The van der Waals surface area contributed by atoms with Crippen LogP contribution in [0, 0.1) is 0 Å². The highest BCUT2D eigenvalue weighted by atomic mass is 16.5. The number of nitrogens with zero attached hydrogens (tertiary/aromatic N) is 5. The zero-order valence-corrected chi connectivity index (χ0v) is 14.7. The van der Waals surface area contributed by atoms with Crippen molar-refractivity contribution in [2.75, 3.05) is 13.7 Å². The molecular weight excluding hydrogens is 330 g/mol. The number of hydrogen-bond donors (Lipinski definition) is 0. The standard InChI is InChI=1S/C19H21N5O2/c1-26-17-8-3-2-6-14(17)12-18(25)23-11-5-4-7-15(23)16-9-10-20-19-21-13-22-24(16)19/h2-3,6,8-10,13,15H,4-5,7,11-12H2,1H3. The van der Waals surface area contributed by atoms with Gasteiger partial charge in [-0.2, -0.15) is 14.6 Å². The Morgan fingerprint density at radius 1 is 1.23 bits per heavy atom. The van der Waals surface area contributed by atoms with Crippen LogP contribution in [0.5, 0.6) is 5.75 Å². The van der Waals surface area contributed by atoms with E-state index in [4.69, 9.17) is 4.74 Å². The van der Waals surface area contributed by atoms with Crippen LogP contribution in [0.25, 0.3) is 5.78 Å². The molecule has 134 valence electrons. The Hall–Kier alpha value is -2.96. The van der Waals surface area contributed by atoms with Crippen LogP contribution in [0.1, 0.15) is 36.6 Å². The quantitative estimate of drug-likeness (QED) is 0.722. The molecule has 7 nitrogen and oxygen atoms in total. The van der Waals surface area contributed by atoms with Crippen molar-refractivity contribution in [1.82, 2.24) is 24.5 Å². The van der Waals surface area contributed by atoms with Gasteiger partial charge in [-0.15, -0.1) is 0 Å². The largest absolute Gasteiger partial charge is 0.496 e. The summed E-state index contributed by atoms with van der Waals surface area (Å²) in [5.74, 6) is 1.41. The molecule has 0 spiro atoms. The molecule has 1 aliphatic heterocycles. The Labute approximate surface area is 151 Å². The van der Waals surface area contributed by atoms with E-state index < -0.39 is 0 Å². The normalized spacial score (nSPS) is 17.4. The van der Waals surface area contributed by atoms with E-state index in [1.807, 2.05) is 35.2 Å². The third kappa shape index (κ3) is 3.00. The lowest BCUT2D eigenvalue weighted by atomic mass is 9.97. The van der Waals surface area contributed by atoms with Gasteiger partial charge in [0.2, 0.25) is 5.91 Å². The number of likely N-dealkylation sites (tertiary alicyclic amines) is 1. The summed E-state index contributed by atoms with van der Waals surface area (Å²) < 4.78 is 7.13. The maximum Gasteiger partial charge on any atom is 0.252 e. The Morgan fingerprint density at radius 2 is 2.12 bits per heavy atom. The summed E-state index contributed by atoms with van der Waals surface area (Å²) in [6.07, 6.45) is 6.57. The number of benzene rings is 1. The monoisotopic (exact) mass is 351 g/mol. The molecule has 3 heterocycles. The van der Waals surface area contributed by atoms with E-state index in [1.54, 1.807) is 17.8 Å². The summed E-state index contributed by atoms with van der Waals surface area (Å²) in [5, 5.41) is 4.28. The van der Waals surface area contributed by atoms with Crippen LogP contribution in [0.3, 0.4) is 0 Å². The number of aromatic nitrogens is 4. The van der Waals surface area contributed by atoms with E-state index in [9.17, 15) is 4.79 Å². The second kappa shape index (κ2) is 7.11. The smallest absolute Gasteiger partial charge is 0.252 e. The topological polar surface area (TPSA) is 72.6 Å². The molecule has 1 unspecified atom stereocenters. The van der Waals surface area contributed by atoms with Crippen molar-refractivity contribution >= 4 is 11.7 Å². The van der Waals surface area contributed by atoms with Gasteiger partial charge in [-0.3, -0.25) is 4.79 Å². The Balaban J connectivity index is 1.63. The predicted molar refractivity (Wildman–Crippen MR) is 95.8 cm³/mol. The lowest BCUT2D eigenvalue weighted by Crippen LogP contribution is -2.40. The Morgan fingerprint density at radius 3 is 3.00 bits per heavy atom. The van der Waals surface area contributed by atoms with Gasteiger partial charge >= 0.3 is 0 Å². The van der Waals surface area contributed by atoms with E-state index in [2.05, 4.69) is 15.1 Å². The van der Waals surface area contributed by atoms with Crippen molar-refractivity contribution < 1.29 is 9.53 Å². The number of amides is 1.